The average molecular weight is 653 g/mol. The van der Waals surface area contributed by atoms with Crippen molar-refractivity contribution in [1.82, 2.24) is 0 Å². The van der Waals surface area contributed by atoms with Crippen LogP contribution >= 0.6 is 0 Å². The van der Waals surface area contributed by atoms with E-state index in [4.69, 9.17) is 33.2 Å². The van der Waals surface area contributed by atoms with Crippen molar-refractivity contribution in [3.8, 4) is 44.5 Å². The van der Waals surface area contributed by atoms with E-state index in [1.165, 1.54) is 0 Å². The lowest BCUT2D eigenvalue weighted by atomic mass is 9.85. The minimum Gasteiger partial charge on any atom is -0.456 e. The van der Waals surface area contributed by atoms with Crippen molar-refractivity contribution >= 4 is 54.3 Å². The second-order valence-electron chi connectivity index (χ2n) is 10.5. The van der Waals surface area contributed by atoms with Crippen molar-refractivity contribution in [2.24, 2.45) is 0 Å². The minimum atomic E-state index is -1.11. The van der Waals surface area contributed by atoms with E-state index in [2.05, 4.69) is 0 Å². The van der Waals surface area contributed by atoms with Gasteiger partial charge in [-0.3, -0.25) is 0 Å². The van der Waals surface area contributed by atoms with Crippen LogP contribution in [0.15, 0.2) is 186 Å². The fraction of sp³-hybridized carbons (Fsp3) is 0. The van der Waals surface area contributed by atoms with Crippen LogP contribution in [0.4, 0.5) is 0 Å². The molecule has 0 saturated heterocycles. The summed E-state index contributed by atoms with van der Waals surface area (Å²) in [5, 5.41) is -5.62. The molecule has 0 atom stereocenters. The van der Waals surface area contributed by atoms with Gasteiger partial charge in [0, 0.05) is 10.8 Å². The summed E-state index contributed by atoms with van der Waals surface area (Å²) in [6, 6.07) is -29.1. The number of hydrogen-bond donors (Lipinski definition) is 0. The van der Waals surface area contributed by atoms with Gasteiger partial charge in [-0.25, -0.2) is 0 Å². The van der Waals surface area contributed by atoms with Gasteiger partial charge in [0.15, 0.2) is 0 Å². The first kappa shape index (κ1) is 11.1. The van der Waals surface area contributed by atoms with Crippen molar-refractivity contribution in [1.29, 1.82) is 0 Å². The second kappa shape index (κ2) is 11.1. The average Bonchev–Trinajstić information content (AvgIpc) is 3.92. The van der Waals surface area contributed by atoms with Crippen molar-refractivity contribution in [2.45, 2.75) is 0 Å². The Kier molecular flexibility index (Phi) is 2.50. The fourth-order valence-corrected chi connectivity index (χ4v) is 5.85. The zero-order chi connectivity index (χ0) is 58.4. The standard InChI is InChI=1S/C48H30O/c1-2-13-32(14-3-1)38-25-12-26-44-48(38)43-28-27-35(30-45(43)49-44)47-41-22-8-6-20-39(41)46(40-21-7-9-23-42(40)47)34-18-10-17-33(29-34)37-24-11-16-31-15-4-5-19-36(31)37/h1-30H/i1D,2D,3D,4D,5D,6D,7D,8D,9D,10D,11D,12D,13D,14D,15D,16D,17D,18D,19D,20D,21D,22D,23D,24D,25D,26D,27D,28D,29D,30D. The van der Waals surface area contributed by atoms with Crippen molar-refractivity contribution in [3.63, 3.8) is 0 Å². The number of fused-ring (bicyclic) bond motifs is 6. The van der Waals surface area contributed by atoms with Crippen LogP contribution in [-0.4, -0.2) is 0 Å². The smallest absolute Gasteiger partial charge is 0.136 e. The highest BCUT2D eigenvalue weighted by molar-refractivity contribution is 6.22. The Bertz CT molecular complexity index is 4480. The predicted octanol–water partition coefficient (Wildman–Crippen LogP) is 13.7. The molecule has 0 fully saturated rings. The Morgan fingerprint density at radius 2 is 0.857 bits per heavy atom. The molecule has 0 radical (unpaired) electrons. The van der Waals surface area contributed by atoms with Gasteiger partial charge in [-0.2, -0.15) is 0 Å². The third-order valence-electron chi connectivity index (χ3n) is 7.89. The number of furan rings is 1. The van der Waals surface area contributed by atoms with E-state index in [-0.39, 0.29) is 0 Å². The number of benzene rings is 9. The second-order valence-corrected chi connectivity index (χ2v) is 10.5. The van der Waals surface area contributed by atoms with E-state index in [0.717, 1.165) is 0 Å². The summed E-state index contributed by atoms with van der Waals surface area (Å²) in [7, 11) is 0. The Morgan fingerprint density at radius 1 is 0.327 bits per heavy atom. The highest BCUT2D eigenvalue weighted by Gasteiger charge is 2.19. The van der Waals surface area contributed by atoms with E-state index in [1.54, 1.807) is 0 Å². The Labute approximate surface area is 326 Å². The molecule has 0 saturated carbocycles. The fourth-order valence-electron chi connectivity index (χ4n) is 5.85. The molecule has 1 heteroatoms. The third kappa shape index (κ3) is 4.40. The van der Waals surface area contributed by atoms with Gasteiger partial charge in [0.25, 0.3) is 0 Å². The molecule has 0 amide bonds. The van der Waals surface area contributed by atoms with Crippen LogP contribution in [-0.2, 0) is 0 Å². The van der Waals surface area contributed by atoms with Gasteiger partial charge in [-0.15, -0.1) is 0 Å². The van der Waals surface area contributed by atoms with Crippen LogP contribution in [0.3, 0.4) is 0 Å². The maximum atomic E-state index is 9.87. The monoisotopic (exact) mass is 652 g/mol. The summed E-state index contributed by atoms with van der Waals surface area (Å²) in [6.07, 6.45) is 0. The lowest BCUT2D eigenvalue weighted by molar-refractivity contribution is 0.669. The summed E-state index contributed by atoms with van der Waals surface area (Å²) in [5.41, 5.74) is -7.76. The molecule has 228 valence electrons. The van der Waals surface area contributed by atoms with Crippen LogP contribution in [0, 0.1) is 0 Å². The summed E-state index contributed by atoms with van der Waals surface area (Å²) in [4.78, 5) is 0. The minimum absolute atomic E-state index is 0.521. The molecule has 49 heavy (non-hydrogen) atoms. The van der Waals surface area contributed by atoms with Gasteiger partial charge in [0.1, 0.15) is 11.2 Å². The van der Waals surface area contributed by atoms with Gasteiger partial charge in [0.05, 0.1) is 41.1 Å². The first-order valence-corrected chi connectivity index (χ1v) is 14.4. The first-order chi connectivity index (χ1) is 36.8. The van der Waals surface area contributed by atoms with Gasteiger partial charge in [-0.05, 0) is 101 Å². The topological polar surface area (TPSA) is 13.1 Å². The van der Waals surface area contributed by atoms with E-state index >= 15 is 0 Å². The molecule has 1 nitrogen and oxygen atoms in total. The van der Waals surface area contributed by atoms with E-state index in [0.29, 0.717) is 0 Å². The molecule has 0 unspecified atom stereocenters. The van der Waals surface area contributed by atoms with E-state index in [9.17, 15) is 12.3 Å². The molecule has 1 heterocycles. The lowest BCUT2D eigenvalue weighted by Gasteiger charge is -2.18. The molecule has 0 aliphatic heterocycles. The SMILES string of the molecule is [2H]c1c([2H])c([2H])c(-c2c([2H])c([2H])c([2H])c3oc4c([2H])c(-c5c6c([2H])c([2H])c([2H])c([2H])c6c(-c6c([2H])c([2H])c([2H])c(-c7c([2H])c([2H])c([2H])c8c([2H])c([2H])c([2H])c([2H])c78)c6[2H])c6c([2H])c([2H])c([2H])c([2H])c56)c([2H])c([2H])c4c23)c([2H])c1[2H]. The van der Waals surface area contributed by atoms with Crippen molar-refractivity contribution < 1.29 is 45.5 Å². The van der Waals surface area contributed by atoms with Crippen LogP contribution in [0.2, 0.25) is 0 Å². The van der Waals surface area contributed by atoms with Gasteiger partial charge in [0.2, 0.25) is 0 Å². The number of hydrogen-bond acceptors (Lipinski definition) is 1. The Balaban J connectivity index is 1.47. The predicted molar refractivity (Wildman–Crippen MR) is 208 cm³/mol. The summed E-state index contributed by atoms with van der Waals surface area (Å²) in [5.74, 6) is 0. The normalized spacial score (nSPS) is 20.2. The molecular formula is C48H30O. The van der Waals surface area contributed by atoms with Crippen LogP contribution < -0.4 is 0 Å². The molecule has 0 aliphatic carbocycles. The molecular weight excluding hydrogens is 593 g/mol. The maximum absolute atomic E-state index is 9.87. The maximum Gasteiger partial charge on any atom is 0.136 e. The highest BCUT2D eigenvalue weighted by Crippen LogP contribution is 2.46. The van der Waals surface area contributed by atoms with E-state index in [1.807, 2.05) is 0 Å². The molecule has 9 aromatic carbocycles. The Hall–Kier alpha value is -6.44. The van der Waals surface area contributed by atoms with Gasteiger partial charge < -0.3 is 4.42 Å². The molecule has 10 rings (SSSR count). The van der Waals surface area contributed by atoms with Gasteiger partial charge in [-0.1, -0.05) is 157 Å². The summed E-state index contributed by atoms with van der Waals surface area (Å²) < 4.78 is 276. The van der Waals surface area contributed by atoms with Crippen LogP contribution in [0.1, 0.15) is 41.1 Å². The molecule has 10 aromatic rings. The zero-order valence-corrected chi connectivity index (χ0v) is 24.4. The van der Waals surface area contributed by atoms with E-state index < -0.39 is 280 Å². The van der Waals surface area contributed by atoms with Crippen molar-refractivity contribution in [3.05, 3.63) is 181 Å². The van der Waals surface area contributed by atoms with Crippen molar-refractivity contribution in [2.75, 3.05) is 0 Å². The molecule has 0 spiro atoms. The zero-order valence-electron chi connectivity index (χ0n) is 54.4. The first-order valence-electron chi connectivity index (χ1n) is 29.4. The number of rotatable bonds is 4. The van der Waals surface area contributed by atoms with Gasteiger partial charge >= 0.3 is 0 Å². The quantitative estimate of drug-likeness (QED) is 0.172. The Morgan fingerprint density at radius 3 is 1.59 bits per heavy atom. The summed E-state index contributed by atoms with van der Waals surface area (Å²) in [6.45, 7) is 0. The molecule has 1 aromatic heterocycles. The lowest BCUT2D eigenvalue weighted by Crippen LogP contribution is -1.91. The summed E-state index contributed by atoms with van der Waals surface area (Å²) >= 11 is 0. The van der Waals surface area contributed by atoms with Crippen LogP contribution in [0.5, 0.6) is 0 Å². The molecule has 0 aliphatic rings. The largest absolute Gasteiger partial charge is 0.456 e. The molecule has 0 bridgehead atoms. The molecule has 0 N–H and O–H groups in total. The van der Waals surface area contributed by atoms with Crippen LogP contribution in [0.25, 0.3) is 98.8 Å². The third-order valence-corrected chi connectivity index (χ3v) is 7.89. The highest BCUT2D eigenvalue weighted by atomic mass is 16.3.